The molecule has 3 rings (SSSR count). The number of benzene rings is 1. The average molecular weight is 479 g/mol. The van der Waals surface area contributed by atoms with Crippen molar-refractivity contribution in [2.75, 3.05) is 33.0 Å². The van der Waals surface area contributed by atoms with Crippen molar-refractivity contribution in [2.45, 2.75) is 37.8 Å². The number of carbonyl (C=O) groups is 2. The molecular formula is C19H27ClN2O6S2. The Kier molecular flexibility index (Phi) is 8.43. The molecule has 0 bridgehead atoms. The molecule has 1 aromatic carbocycles. The third-order valence-electron chi connectivity index (χ3n) is 5.33. The lowest BCUT2D eigenvalue weighted by Crippen LogP contribution is -2.41. The number of hydrogen-bond acceptors (Lipinski definition) is 6. The Morgan fingerprint density at radius 1 is 1.13 bits per heavy atom. The number of piperidine rings is 1. The number of ether oxygens (including phenoxy) is 2. The smallest absolute Gasteiger partial charge is 0.328 e. The van der Waals surface area contributed by atoms with Gasteiger partial charge in [0.25, 0.3) is 5.91 Å². The molecule has 0 unspecified atom stereocenters. The lowest BCUT2D eigenvalue weighted by atomic mass is 10.1. The molecule has 1 atom stereocenters. The SMILES string of the molecule is COC(=O)[C@@H]1CCCN1C(=O)c1ccc(OC2CCN(S(C)(=O)=O)CC2)c(Cl)c1.S. The fraction of sp³-hybridized carbons (Fsp3) is 0.579. The van der Waals surface area contributed by atoms with Gasteiger partial charge in [-0.25, -0.2) is 17.5 Å². The molecule has 0 spiro atoms. The van der Waals surface area contributed by atoms with Crippen LogP contribution in [-0.2, 0) is 19.6 Å². The standard InChI is InChI=1S/C19H25ClN2O6S.H2S/c1-27-19(24)16-4-3-9-22(16)18(23)13-5-6-17(15(20)12-13)28-14-7-10-21(11-8-14)29(2,25)26;/h5-6,12,14,16H,3-4,7-11H2,1-2H3;1H2/t16-;/m0./s1. The number of halogens is 1. The predicted octanol–water partition coefficient (Wildman–Crippen LogP) is 2.03. The lowest BCUT2D eigenvalue weighted by Gasteiger charge is -2.30. The number of carbonyl (C=O) groups excluding carboxylic acids is 2. The summed E-state index contributed by atoms with van der Waals surface area (Å²) in [5, 5.41) is 0.301. The molecule has 0 N–H and O–H groups in total. The number of hydrogen-bond donors (Lipinski definition) is 0. The number of sulfonamides is 1. The van der Waals surface area contributed by atoms with Crippen molar-refractivity contribution in [3.05, 3.63) is 28.8 Å². The average Bonchev–Trinajstić information content (AvgIpc) is 3.18. The normalized spacial score (nSPS) is 20.5. The van der Waals surface area contributed by atoms with Crippen molar-refractivity contribution in [1.29, 1.82) is 0 Å². The van der Waals surface area contributed by atoms with E-state index in [0.717, 1.165) is 6.42 Å². The summed E-state index contributed by atoms with van der Waals surface area (Å²) >= 11 is 6.33. The summed E-state index contributed by atoms with van der Waals surface area (Å²) in [5.74, 6) is -0.234. The van der Waals surface area contributed by atoms with Gasteiger partial charge in [-0.3, -0.25) is 4.79 Å². The van der Waals surface area contributed by atoms with Gasteiger partial charge < -0.3 is 14.4 Å². The first-order chi connectivity index (χ1) is 13.7. The third-order valence-corrected chi connectivity index (χ3v) is 6.93. The first kappa shape index (κ1) is 24.8. The van der Waals surface area contributed by atoms with Crippen LogP contribution in [0.2, 0.25) is 5.02 Å². The Morgan fingerprint density at radius 2 is 1.80 bits per heavy atom. The number of amides is 1. The van der Waals surface area contributed by atoms with E-state index >= 15 is 0 Å². The van der Waals surface area contributed by atoms with Gasteiger partial charge in [-0.15, -0.1) is 0 Å². The molecule has 1 amide bonds. The monoisotopic (exact) mass is 478 g/mol. The minimum absolute atomic E-state index is 0. The number of methoxy groups -OCH3 is 1. The maximum absolute atomic E-state index is 12.8. The van der Waals surface area contributed by atoms with Crippen molar-refractivity contribution < 1.29 is 27.5 Å². The fourth-order valence-electron chi connectivity index (χ4n) is 3.75. The van der Waals surface area contributed by atoms with E-state index in [0.29, 0.717) is 55.2 Å². The van der Waals surface area contributed by atoms with Crippen LogP contribution >= 0.6 is 25.1 Å². The molecule has 0 aromatic heterocycles. The van der Waals surface area contributed by atoms with E-state index in [1.54, 1.807) is 12.1 Å². The predicted molar refractivity (Wildman–Crippen MR) is 118 cm³/mol. The second-order valence-electron chi connectivity index (χ2n) is 7.30. The molecule has 2 heterocycles. The maximum atomic E-state index is 12.8. The molecule has 0 aliphatic carbocycles. The zero-order valence-electron chi connectivity index (χ0n) is 17.0. The number of esters is 1. The van der Waals surface area contributed by atoms with Gasteiger partial charge in [-0.05, 0) is 43.9 Å². The van der Waals surface area contributed by atoms with Crippen LogP contribution in [0.25, 0.3) is 0 Å². The fourth-order valence-corrected chi connectivity index (χ4v) is 4.85. The van der Waals surface area contributed by atoms with Gasteiger partial charge in [0.1, 0.15) is 17.9 Å². The molecular weight excluding hydrogens is 452 g/mol. The highest BCUT2D eigenvalue weighted by atomic mass is 35.5. The van der Waals surface area contributed by atoms with Gasteiger partial charge in [-0.2, -0.15) is 13.5 Å². The Hall–Kier alpha value is -1.49. The van der Waals surface area contributed by atoms with E-state index in [4.69, 9.17) is 21.1 Å². The summed E-state index contributed by atoms with van der Waals surface area (Å²) in [5.41, 5.74) is 0.380. The van der Waals surface area contributed by atoms with E-state index in [9.17, 15) is 18.0 Å². The van der Waals surface area contributed by atoms with Crippen molar-refractivity contribution in [3.8, 4) is 5.75 Å². The maximum Gasteiger partial charge on any atom is 0.328 e. The van der Waals surface area contributed by atoms with Crippen molar-refractivity contribution in [3.63, 3.8) is 0 Å². The highest BCUT2D eigenvalue weighted by Gasteiger charge is 2.35. The summed E-state index contributed by atoms with van der Waals surface area (Å²) in [4.78, 5) is 26.2. The highest BCUT2D eigenvalue weighted by molar-refractivity contribution is 7.88. The van der Waals surface area contributed by atoms with Crippen LogP contribution in [0.1, 0.15) is 36.0 Å². The first-order valence-corrected chi connectivity index (χ1v) is 11.7. The first-order valence-electron chi connectivity index (χ1n) is 9.51. The van der Waals surface area contributed by atoms with Crippen molar-refractivity contribution in [2.24, 2.45) is 0 Å². The van der Waals surface area contributed by atoms with Crippen LogP contribution in [0.3, 0.4) is 0 Å². The molecule has 0 saturated carbocycles. The van der Waals surface area contributed by atoms with Crippen LogP contribution in [0.15, 0.2) is 18.2 Å². The van der Waals surface area contributed by atoms with E-state index < -0.39 is 22.0 Å². The second-order valence-corrected chi connectivity index (χ2v) is 9.69. The van der Waals surface area contributed by atoms with Crippen LogP contribution in [0.4, 0.5) is 0 Å². The highest BCUT2D eigenvalue weighted by Crippen LogP contribution is 2.30. The van der Waals surface area contributed by atoms with Gasteiger partial charge in [0, 0.05) is 25.2 Å². The van der Waals surface area contributed by atoms with Crippen LogP contribution in [0.5, 0.6) is 5.75 Å². The minimum atomic E-state index is -3.19. The second kappa shape index (κ2) is 10.2. The topological polar surface area (TPSA) is 93.2 Å². The minimum Gasteiger partial charge on any atom is -0.489 e. The molecule has 2 aliphatic heterocycles. The van der Waals surface area contributed by atoms with E-state index in [-0.39, 0.29) is 25.5 Å². The van der Waals surface area contributed by atoms with Crippen LogP contribution in [0, 0.1) is 0 Å². The molecule has 2 saturated heterocycles. The third kappa shape index (κ3) is 5.60. The molecule has 0 radical (unpaired) electrons. The van der Waals surface area contributed by atoms with E-state index in [1.165, 1.54) is 28.6 Å². The summed E-state index contributed by atoms with van der Waals surface area (Å²) in [6, 6.07) is 4.24. The van der Waals surface area contributed by atoms with Gasteiger partial charge >= 0.3 is 5.97 Å². The molecule has 8 nitrogen and oxygen atoms in total. The molecule has 11 heteroatoms. The van der Waals surface area contributed by atoms with E-state index in [1.807, 2.05) is 0 Å². The summed E-state index contributed by atoms with van der Waals surface area (Å²) in [6.45, 7) is 1.30. The lowest BCUT2D eigenvalue weighted by molar-refractivity contribution is -0.145. The molecule has 168 valence electrons. The quantitative estimate of drug-likeness (QED) is 0.601. The number of nitrogens with zero attached hydrogens (tertiary/aromatic N) is 2. The van der Waals surface area contributed by atoms with Gasteiger partial charge in [0.15, 0.2) is 0 Å². The molecule has 2 fully saturated rings. The molecule has 2 aliphatic rings. The van der Waals surface area contributed by atoms with Gasteiger partial charge in [-0.1, -0.05) is 11.6 Å². The Balaban J connectivity index is 0.00000320. The Bertz CT molecular complexity index is 887. The summed E-state index contributed by atoms with van der Waals surface area (Å²) in [6.07, 6.45) is 3.52. The van der Waals surface area contributed by atoms with Crippen LogP contribution in [-0.4, -0.2) is 74.6 Å². The van der Waals surface area contributed by atoms with Crippen LogP contribution < -0.4 is 4.74 Å². The number of rotatable bonds is 5. The number of likely N-dealkylation sites (tertiary alicyclic amines) is 1. The van der Waals surface area contributed by atoms with Gasteiger partial charge in [0.2, 0.25) is 10.0 Å². The summed E-state index contributed by atoms with van der Waals surface area (Å²) < 4.78 is 35.4. The molecule has 1 aromatic rings. The van der Waals surface area contributed by atoms with Gasteiger partial charge in [0.05, 0.1) is 18.4 Å². The van der Waals surface area contributed by atoms with E-state index in [2.05, 4.69) is 0 Å². The Labute approximate surface area is 188 Å². The Morgan fingerprint density at radius 3 is 2.37 bits per heavy atom. The molecule has 30 heavy (non-hydrogen) atoms. The zero-order chi connectivity index (χ0) is 21.2. The van der Waals surface area contributed by atoms with Crippen molar-refractivity contribution >= 4 is 47.0 Å². The zero-order valence-corrected chi connectivity index (χ0v) is 19.5. The van der Waals surface area contributed by atoms with Crippen molar-refractivity contribution in [1.82, 2.24) is 9.21 Å². The summed E-state index contributed by atoms with van der Waals surface area (Å²) in [7, 11) is -1.88. The largest absolute Gasteiger partial charge is 0.489 e.